The highest BCUT2D eigenvalue weighted by Crippen LogP contribution is 2.21. The van der Waals surface area contributed by atoms with E-state index in [0.29, 0.717) is 13.2 Å². The van der Waals surface area contributed by atoms with E-state index in [1.165, 1.54) is 0 Å². The zero-order chi connectivity index (χ0) is 30.4. The number of aliphatic hydroxyl groups is 2. The van der Waals surface area contributed by atoms with Crippen molar-refractivity contribution < 1.29 is 58.2 Å². The largest absolute Gasteiger partial charge is 0.481 e. The van der Waals surface area contributed by atoms with Gasteiger partial charge in [-0.05, 0) is 48.5 Å². The molecule has 0 bridgehead atoms. The average molecular weight is 603 g/mol. The number of aliphatic carboxylic acids is 1. The minimum atomic E-state index is -0.861. The zero-order valence-electron chi connectivity index (χ0n) is 24.4. The molecule has 0 aliphatic carbocycles. The Morgan fingerprint density at radius 3 is 1.60 bits per heavy atom. The smallest absolute Gasteiger partial charge is 0.408 e. The van der Waals surface area contributed by atoms with E-state index in [9.17, 15) is 19.2 Å². The number of ketones is 2. The summed E-state index contributed by atoms with van der Waals surface area (Å²) in [4.78, 5) is 44.2. The normalized spacial score (nSPS) is 18.6. The number of hydrogen-bond donors (Lipinski definition) is 5. The number of carbonyl (C=O) groups is 4. The molecular formula is C25H47ClN2O12. The standard InChI is InChI=1S/C13H23NO5.C7H12O4.C5H11NO3.ClH/c1-12(2,3)19-11(16)14-6-10(15)9-7-17-13(4,5)18-8-9;1-7(2)10-3-5(4-11-7)6(8)9;6-1-5(9)4(2-7)3-8;/h9H,6-8H2,1-5H3,(H,14,16);5H,3-4H2,1-2H3,(H,8,9);4,7-8H,1-3,6H2;1H. The fraction of sp³-hybridized carbons (Fsp3) is 0.840. The number of nitrogens with two attached hydrogens (primary N) is 1. The number of carboxylic acid groups (broad SMARTS) is 1. The van der Waals surface area contributed by atoms with Gasteiger partial charge in [0.25, 0.3) is 0 Å². The Morgan fingerprint density at radius 1 is 0.900 bits per heavy atom. The fourth-order valence-electron chi connectivity index (χ4n) is 2.76. The molecule has 0 unspecified atom stereocenters. The van der Waals surface area contributed by atoms with Crippen molar-refractivity contribution in [1.29, 1.82) is 0 Å². The number of halogens is 1. The maximum absolute atomic E-state index is 11.8. The van der Waals surface area contributed by atoms with E-state index in [0.717, 1.165) is 0 Å². The molecule has 2 fully saturated rings. The van der Waals surface area contributed by atoms with Crippen LogP contribution in [0.1, 0.15) is 48.5 Å². The van der Waals surface area contributed by atoms with Crippen molar-refractivity contribution in [1.82, 2.24) is 5.32 Å². The van der Waals surface area contributed by atoms with Gasteiger partial charge in [-0.25, -0.2) is 4.79 Å². The first kappa shape index (κ1) is 40.2. The van der Waals surface area contributed by atoms with Crippen LogP contribution < -0.4 is 11.1 Å². The quantitative estimate of drug-likeness (QED) is 0.256. The molecule has 40 heavy (non-hydrogen) atoms. The lowest BCUT2D eigenvalue weighted by Crippen LogP contribution is -2.45. The van der Waals surface area contributed by atoms with E-state index >= 15 is 0 Å². The third-order valence-electron chi connectivity index (χ3n) is 5.24. The van der Waals surface area contributed by atoms with Crippen molar-refractivity contribution in [3.8, 4) is 0 Å². The van der Waals surface area contributed by atoms with Crippen LogP contribution >= 0.6 is 12.4 Å². The Morgan fingerprint density at radius 2 is 1.30 bits per heavy atom. The molecule has 2 aliphatic rings. The summed E-state index contributed by atoms with van der Waals surface area (Å²) in [6, 6.07) is 0. The fourth-order valence-corrected chi connectivity index (χ4v) is 2.76. The van der Waals surface area contributed by atoms with Crippen molar-refractivity contribution in [3.63, 3.8) is 0 Å². The van der Waals surface area contributed by atoms with Crippen LogP contribution in [0.5, 0.6) is 0 Å². The van der Waals surface area contributed by atoms with Crippen LogP contribution in [-0.2, 0) is 38.1 Å². The minimum absolute atomic E-state index is 0. The van der Waals surface area contributed by atoms with Gasteiger partial charge in [0.15, 0.2) is 23.1 Å². The average Bonchev–Trinajstić information content (AvgIpc) is 2.82. The topological polar surface area (TPSA) is 213 Å². The Kier molecular flexibility index (Phi) is 18.6. The van der Waals surface area contributed by atoms with Crippen LogP contribution in [-0.4, -0.2) is 109 Å². The van der Waals surface area contributed by atoms with Crippen LogP contribution in [0.2, 0.25) is 0 Å². The van der Waals surface area contributed by atoms with Gasteiger partial charge in [0.1, 0.15) is 11.5 Å². The van der Waals surface area contributed by atoms with Crippen molar-refractivity contribution in [3.05, 3.63) is 0 Å². The molecular weight excluding hydrogens is 556 g/mol. The number of carboxylic acids is 1. The Labute approximate surface area is 241 Å². The third-order valence-corrected chi connectivity index (χ3v) is 5.24. The van der Waals surface area contributed by atoms with Gasteiger partial charge in [-0.1, -0.05) is 0 Å². The van der Waals surface area contributed by atoms with E-state index in [4.69, 9.17) is 44.7 Å². The first-order valence-electron chi connectivity index (χ1n) is 12.6. The number of Topliss-reactive ketones (excluding diaryl/α,β-unsaturated/α-hetero) is 2. The highest BCUT2D eigenvalue weighted by Gasteiger charge is 2.33. The van der Waals surface area contributed by atoms with Crippen LogP contribution in [0.3, 0.4) is 0 Å². The molecule has 2 rings (SSSR count). The summed E-state index contributed by atoms with van der Waals surface area (Å²) in [5, 5.41) is 27.8. The predicted molar refractivity (Wildman–Crippen MR) is 145 cm³/mol. The Bertz CT molecular complexity index is 777. The second-order valence-electron chi connectivity index (χ2n) is 10.8. The van der Waals surface area contributed by atoms with E-state index in [2.05, 4.69) is 5.32 Å². The summed E-state index contributed by atoms with van der Waals surface area (Å²) in [7, 11) is 0. The van der Waals surface area contributed by atoms with Gasteiger partial charge < -0.3 is 50.1 Å². The zero-order valence-corrected chi connectivity index (χ0v) is 25.2. The monoisotopic (exact) mass is 602 g/mol. The molecule has 14 nitrogen and oxygen atoms in total. The first-order chi connectivity index (χ1) is 17.9. The second kappa shape index (κ2) is 18.5. The number of carbonyl (C=O) groups excluding carboxylic acids is 3. The van der Waals surface area contributed by atoms with Crippen molar-refractivity contribution in [2.24, 2.45) is 23.5 Å². The van der Waals surface area contributed by atoms with Crippen LogP contribution in [0.15, 0.2) is 0 Å². The van der Waals surface area contributed by atoms with Crippen LogP contribution in [0.25, 0.3) is 0 Å². The Hall–Kier alpha value is -1.91. The summed E-state index contributed by atoms with van der Waals surface area (Å²) in [5.41, 5.74) is 4.38. The number of aliphatic hydroxyl groups excluding tert-OH is 2. The number of hydrogen-bond acceptors (Lipinski definition) is 12. The Balaban J connectivity index is 0. The maximum atomic E-state index is 11.8. The molecule has 0 saturated carbocycles. The van der Waals surface area contributed by atoms with E-state index in [1.807, 2.05) is 0 Å². The van der Waals surface area contributed by atoms with Gasteiger partial charge in [0.2, 0.25) is 0 Å². The molecule has 2 heterocycles. The van der Waals surface area contributed by atoms with E-state index < -0.39 is 41.1 Å². The molecule has 2 saturated heterocycles. The summed E-state index contributed by atoms with van der Waals surface area (Å²) in [6.07, 6.45) is -0.598. The van der Waals surface area contributed by atoms with Gasteiger partial charge >= 0.3 is 12.1 Å². The van der Waals surface area contributed by atoms with Crippen molar-refractivity contribution in [2.45, 2.75) is 65.6 Å². The van der Waals surface area contributed by atoms with Crippen LogP contribution in [0.4, 0.5) is 4.79 Å². The summed E-state index contributed by atoms with van der Waals surface area (Å²) < 4.78 is 26.1. The van der Waals surface area contributed by atoms with Gasteiger partial charge in [-0.2, -0.15) is 0 Å². The highest BCUT2D eigenvalue weighted by atomic mass is 35.5. The first-order valence-corrected chi connectivity index (χ1v) is 12.6. The number of ether oxygens (including phenoxy) is 5. The van der Waals surface area contributed by atoms with Crippen molar-refractivity contribution in [2.75, 3.05) is 52.7 Å². The maximum Gasteiger partial charge on any atom is 0.408 e. The SMILES string of the molecule is CC(C)(C)OC(=O)NCC(=O)C1COC(C)(C)OC1.CC1(C)OCC(C(=O)O)CO1.Cl.NCC(=O)C(CO)CO. The number of amides is 1. The molecule has 6 N–H and O–H groups in total. The molecule has 0 aromatic heterocycles. The molecule has 1 amide bonds. The molecule has 0 radical (unpaired) electrons. The minimum Gasteiger partial charge on any atom is -0.481 e. The molecule has 0 aromatic rings. The predicted octanol–water partition coefficient (Wildman–Crippen LogP) is 0.486. The summed E-state index contributed by atoms with van der Waals surface area (Å²) >= 11 is 0. The summed E-state index contributed by atoms with van der Waals surface area (Å²) in [6.45, 7) is 12.7. The molecule has 236 valence electrons. The molecule has 0 spiro atoms. The lowest BCUT2D eigenvalue weighted by molar-refractivity contribution is -0.261. The lowest BCUT2D eigenvalue weighted by Gasteiger charge is -2.34. The molecule has 2 aliphatic heterocycles. The van der Waals surface area contributed by atoms with Gasteiger partial charge in [-0.15, -0.1) is 12.4 Å². The van der Waals surface area contributed by atoms with Gasteiger partial charge in [0.05, 0.1) is 64.6 Å². The molecule has 15 heteroatoms. The number of rotatable bonds is 8. The van der Waals surface area contributed by atoms with Crippen LogP contribution in [0, 0.1) is 17.8 Å². The van der Waals surface area contributed by atoms with Crippen molar-refractivity contribution >= 4 is 36.0 Å². The molecule has 0 aromatic carbocycles. The summed E-state index contributed by atoms with van der Waals surface area (Å²) in [5.74, 6) is -4.09. The highest BCUT2D eigenvalue weighted by molar-refractivity contribution is 5.86. The lowest BCUT2D eigenvalue weighted by atomic mass is 10.1. The molecule has 0 atom stereocenters. The van der Waals surface area contributed by atoms with Gasteiger partial charge in [0, 0.05) is 0 Å². The second-order valence-corrected chi connectivity index (χ2v) is 10.8. The van der Waals surface area contributed by atoms with E-state index in [-0.39, 0.29) is 69.4 Å². The third kappa shape index (κ3) is 17.7. The van der Waals surface area contributed by atoms with Gasteiger partial charge in [-0.3, -0.25) is 14.4 Å². The van der Waals surface area contributed by atoms with E-state index in [1.54, 1.807) is 48.5 Å². The number of alkyl carbamates (subject to hydrolysis) is 1. The number of nitrogens with one attached hydrogen (secondary N) is 1.